The van der Waals surface area contributed by atoms with Crippen LogP contribution in [0.25, 0.3) is 0 Å². The van der Waals surface area contributed by atoms with Gasteiger partial charge in [-0.3, -0.25) is 13.8 Å². The minimum Gasteiger partial charge on any atom is -0.460 e. The van der Waals surface area contributed by atoms with Gasteiger partial charge in [0.1, 0.15) is 18.0 Å². The fraction of sp³-hybridized carbons (Fsp3) is 0.562. The molecule has 0 bridgehead atoms. The van der Waals surface area contributed by atoms with Crippen molar-refractivity contribution in [2.45, 2.75) is 45.9 Å². The van der Waals surface area contributed by atoms with Crippen LogP contribution in [0.4, 0.5) is 4.39 Å². The van der Waals surface area contributed by atoms with E-state index >= 15 is 0 Å². The SMILES string of the molecule is COP(=O)(OC)Oc1ccc(CF)cc1CCC(=O)OC(C)(C)C. The normalized spacial score (nSPS) is 12.1. The van der Waals surface area contributed by atoms with E-state index in [0.29, 0.717) is 11.1 Å². The topological polar surface area (TPSA) is 71.1 Å². The molecule has 0 fully saturated rings. The standard InChI is InChI=1S/C16H24FO6P/c1-16(2,3)22-15(18)9-7-13-10-12(11-17)6-8-14(13)23-24(19,20-4)21-5/h6,8,10H,7,9,11H2,1-5H3. The third-order valence-electron chi connectivity index (χ3n) is 2.96. The Morgan fingerprint density at radius 1 is 1.21 bits per heavy atom. The monoisotopic (exact) mass is 362 g/mol. The van der Waals surface area contributed by atoms with E-state index in [2.05, 4.69) is 0 Å². The summed E-state index contributed by atoms with van der Waals surface area (Å²) in [4.78, 5) is 11.9. The Morgan fingerprint density at radius 3 is 2.33 bits per heavy atom. The number of carbonyl (C=O) groups is 1. The second-order valence-corrected chi connectivity index (χ2v) is 7.87. The highest BCUT2D eigenvalue weighted by Crippen LogP contribution is 2.48. The molecular formula is C16H24FO6P. The van der Waals surface area contributed by atoms with E-state index in [4.69, 9.17) is 18.3 Å². The van der Waals surface area contributed by atoms with E-state index in [9.17, 15) is 13.8 Å². The van der Waals surface area contributed by atoms with E-state index in [1.54, 1.807) is 26.8 Å². The van der Waals surface area contributed by atoms with Gasteiger partial charge in [-0.15, -0.1) is 0 Å². The molecule has 0 aliphatic heterocycles. The van der Waals surface area contributed by atoms with Crippen LogP contribution in [-0.2, 0) is 36.2 Å². The second-order valence-electron chi connectivity index (χ2n) is 6.07. The van der Waals surface area contributed by atoms with Crippen LogP contribution in [0.5, 0.6) is 5.75 Å². The van der Waals surface area contributed by atoms with E-state index in [1.807, 2.05) is 0 Å². The van der Waals surface area contributed by atoms with Gasteiger partial charge in [-0.2, -0.15) is 0 Å². The molecule has 0 spiro atoms. The van der Waals surface area contributed by atoms with Crippen molar-refractivity contribution >= 4 is 13.8 Å². The number of rotatable bonds is 8. The number of carbonyl (C=O) groups excluding carboxylic acids is 1. The molecule has 1 aromatic carbocycles. The molecule has 0 radical (unpaired) electrons. The average molecular weight is 362 g/mol. The number of ether oxygens (including phenoxy) is 1. The molecule has 0 aliphatic carbocycles. The quantitative estimate of drug-likeness (QED) is 0.510. The molecule has 0 saturated heterocycles. The van der Waals surface area contributed by atoms with Crippen molar-refractivity contribution in [1.82, 2.24) is 0 Å². The van der Waals surface area contributed by atoms with Crippen LogP contribution in [0.1, 0.15) is 38.3 Å². The number of halogens is 1. The number of benzene rings is 1. The van der Waals surface area contributed by atoms with E-state index in [1.165, 1.54) is 26.4 Å². The molecular weight excluding hydrogens is 338 g/mol. The molecule has 0 aromatic heterocycles. The van der Waals surface area contributed by atoms with E-state index in [0.717, 1.165) is 0 Å². The zero-order chi connectivity index (χ0) is 18.4. The predicted octanol–water partition coefficient (Wildman–Crippen LogP) is 4.21. The van der Waals surface area contributed by atoms with Crippen LogP contribution in [-0.4, -0.2) is 25.8 Å². The molecule has 0 aliphatic rings. The second kappa shape index (κ2) is 8.60. The lowest BCUT2D eigenvalue weighted by atomic mass is 10.1. The smallest absolute Gasteiger partial charge is 0.460 e. The maximum Gasteiger partial charge on any atom is 0.529 e. The third kappa shape index (κ3) is 6.59. The van der Waals surface area contributed by atoms with Crippen molar-refractivity contribution in [3.05, 3.63) is 29.3 Å². The maximum atomic E-state index is 12.9. The first kappa shape index (κ1) is 20.6. The molecule has 0 amide bonds. The predicted molar refractivity (Wildman–Crippen MR) is 87.7 cm³/mol. The van der Waals surface area contributed by atoms with E-state index < -0.39 is 20.1 Å². The van der Waals surface area contributed by atoms with Crippen molar-refractivity contribution in [2.75, 3.05) is 14.2 Å². The molecule has 0 atom stereocenters. The summed E-state index contributed by atoms with van der Waals surface area (Å²) in [6.45, 7) is 4.66. The fourth-order valence-electron chi connectivity index (χ4n) is 1.90. The van der Waals surface area contributed by atoms with E-state index in [-0.39, 0.29) is 24.6 Å². The number of hydrogen-bond acceptors (Lipinski definition) is 6. The molecule has 24 heavy (non-hydrogen) atoms. The minimum absolute atomic E-state index is 0.0770. The average Bonchev–Trinajstić information content (AvgIpc) is 2.52. The Labute approximate surface area is 141 Å². The van der Waals surface area contributed by atoms with Crippen molar-refractivity contribution in [3.8, 4) is 5.75 Å². The van der Waals surface area contributed by atoms with Crippen LogP contribution < -0.4 is 4.52 Å². The lowest BCUT2D eigenvalue weighted by Crippen LogP contribution is -2.24. The van der Waals surface area contributed by atoms with Crippen molar-refractivity contribution < 1.29 is 32.1 Å². The van der Waals surface area contributed by atoms with Crippen molar-refractivity contribution in [1.29, 1.82) is 0 Å². The van der Waals surface area contributed by atoms with Gasteiger partial charge >= 0.3 is 13.8 Å². The Balaban J connectivity index is 2.94. The maximum absolute atomic E-state index is 12.9. The lowest BCUT2D eigenvalue weighted by molar-refractivity contribution is -0.154. The van der Waals surface area contributed by atoms with Crippen molar-refractivity contribution in [2.24, 2.45) is 0 Å². The Bertz CT molecular complexity index is 603. The largest absolute Gasteiger partial charge is 0.529 e. The summed E-state index contributed by atoms with van der Waals surface area (Å²) in [5, 5.41) is 0. The summed E-state index contributed by atoms with van der Waals surface area (Å²) in [6.07, 6.45) is 0.319. The number of aryl methyl sites for hydroxylation is 1. The third-order valence-corrected chi connectivity index (χ3v) is 4.27. The zero-order valence-electron chi connectivity index (χ0n) is 14.6. The van der Waals surface area contributed by atoms with Crippen LogP contribution in [0, 0.1) is 0 Å². The first-order valence-electron chi connectivity index (χ1n) is 7.43. The number of phosphoric acid groups is 1. The molecule has 0 heterocycles. The molecule has 0 saturated carbocycles. The fourth-order valence-corrected chi connectivity index (χ4v) is 2.62. The highest BCUT2D eigenvalue weighted by atomic mass is 31.2. The van der Waals surface area contributed by atoms with Crippen LogP contribution >= 0.6 is 7.82 Å². The van der Waals surface area contributed by atoms with Crippen LogP contribution in [0.15, 0.2) is 18.2 Å². The summed E-state index contributed by atoms with van der Waals surface area (Å²) >= 11 is 0. The summed E-state index contributed by atoms with van der Waals surface area (Å²) in [6, 6.07) is 4.53. The first-order valence-corrected chi connectivity index (χ1v) is 8.89. The van der Waals surface area contributed by atoms with Crippen LogP contribution in [0.3, 0.4) is 0 Å². The summed E-state index contributed by atoms with van der Waals surface area (Å²) < 4.78 is 45.0. The van der Waals surface area contributed by atoms with Crippen molar-refractivity contribution in [3.63, 3.8) is 0 Å². The Kier molecular flexibility index (Phi) is 7.39. The Hall–Kier alpha value is -1.43. The summed E-state index contributed by atoms with van der Waals surface area (Å²) in [5.41, 5.74) is 0.357. The van der Waals surface area contributed by atoms with Gasteiger partial charge < -0.3 is 9.26 Å². The highest BCUT2D eigenvalue weighted by Gasteiger charge is 2.26. The van der Waals surface area contributed by atoms with Crippen LogP contribution in [0.2, 0.25) is 0 Å². The van der Waals surface area contributed by atoms with Gasteiger partial charge in [0.15, 0.2) is 0 Å². The molecule has 0 unspecified atom stereocenters. The van der Waals surface area contributed by atoms with Gasteiger partial charge in [0.2, 0.25) is 0 Å². The zero-order valence-corrected chi connectivity index (χ0v) is 15.5. The number of alkyl halides is 1. The summed E-state index contributed by atoms with van der Waals surface area (Å²) in [7, 11) is -1.35. The molecule has 136 valence electrons. The number of esters is 1. The molecule has 1 rings (SSSR count). The molecule has 0 N–H and O–H groups in total. The highest BCUT2D eigenvalue weighted by molar-refractivity contribution is 7.48. The first-order chi connectivity index (χ1) is 11.1. The van der Waals surface area contributed by atoms with Gasteiger partial charge in [0.05, 0.1) is 0 Å². The minimum atomic E-state index is -3.74. The van der Waals surface area contributed by atoms with Gasteiger partial charge in [-0.1, -0.05) is 6.07 Å². The van der Waals surface area contributed by atoms with Gasteiger partial charge in [0, 0.05) is 20.6 Å². The van der Waals surface area contributed by atoms with Gasteiger partial charge in [-0.25, -0.2) is 8.96 Å². The Morgan fingerprint density at radius 2 is 1.83 bits per heavy atom. The molecule has 8 heteroatoms. The number of phosphoric ester groups is 1. The lowest BCUT2D eigenvalue weighted by Gasteiger charge is -2.20. The molecule has 1 aromatic rings. The number of hydrogen-bond donors (Lipinski definition) is 0. The van der Waals surface area contributed by atoms with Gasteiger partial charge in [0.25, 0.3) is 0 Å². The summed E-state index contributed by atoms with van der Waals surface area (Å²) in [5.74, 6) is -0.177. The van der Waals surface area contributed by atoms with Gasteiger partial charge in [-0.05, 0) is 50.5 Å². The molecule has 6 nitrogen and oxygen atoms in total.